The van der Waals surface area contributed by atoms with Gasteiger partial charge in [0.2, 0.25) is 17.8 Å². The van der Waals surface area contributed by atoms with Crippen molar-refractivity contribution in [2.75, 3.05) is 41.9 Å². The van der Waals surface area contributed by atoms with Gasteiger partial charge in [0, 0.05) is 24.8 Å². The summed E-state index contributed by atoms with van der Waals surface area (Å²) in [6.07, 6.45) is 1.41. The zero-order chi connectivity index (χ0) is 24.0. The normalized spacial score (nSPS) is 13.8. The number of morpholine rings is 1. The van der Waals surface area contributed by atoms with Crippen molar-refractivity contribution in [2.45, 2.75) is 0 Å². The monoisotopic (exact) mass is 477 g/mol. The van der Waals surface area contributed by atoms with E-state index in [2.05, 4.69) is 30.8 Å². The highest BCUT2D eigenvalue weighted by molar-refractivity contribution is 5.78. The number of benzene rings is 2. The molecule has 1 aliphatic rings. The first-order valence-corrected chi connectivity index (χ1v) is 10.9. The molecular formula is C24H21F2N7O2. The molecule has 0 amide bonds. The molecule has 2 aromatic heterocycles. The number of nitrogens with zero attached hydrogens (tertiary/aromatic N) is 5. The predicted octanol–water partition coefficient (Wildman–Crippen LogP) is 4.44. The highest BCUT2D eigenvalue weighted by Crippen LogP contribution is 2.25. The molecule has 2 N–H and O–H groups in total. The minimum atomic E-state index is -0.708. The van der Waals surface area contributed by atoms with E-state index in [1.165, 1.54) is 18.3 Å². The second kappa shape index (κ2) is 10.3. The van der Waals surface area contributed by atoms with Gasteiger partial charge in [0.15, 0.2) is 0 Å². The lowest BCUT2D eigenvalue weighted by molar-refractivity contribution is 0.122. The topological polar surface area (TPSA) is 101 Å². The molecule has 0 aliphatic carbocycles. The summed E-state index contributed by atoms with van der Waals surface area (Å²) in [6.45, 7) is 2.49. The van der Waals surface area contributed by atoms with Gasteiger partial charge in [-0.2, -0.15) is 20.1 Å². The fraction of sp³-hybridized carbons (Fsp3) is 0.167. The number of anilines is 4. The van der Waals surface area contributed by atoms with Gasteiger partial charge in [-0.25, -0.2) is 14.2 Å². The Kier molecular flexibility index (Phi) is 6.57. The van der Waals surface area contributed by atoms with E-state index in [0.717, 1.165) is 11.8 Å². The summed E-state index contributed by atoms with van der Waals surface area (Å²) in [5.41, 5.74) is 3.78. The number of furan rings is 1. The molecule has 35 heavy (non-hydrogen) atoms. The third-order valence-corrected chi connectivity index (χ3v) is 5.13. The molecule has 1 aliphatic heterocycles. The Balaban J connectivity index is 1.34. The molecular weight excluding hydrogens is 456 g/mol. The average molecular weight is 477 g/mol. The molecule has 1 fully saturated rings. The number of nitrogens with one attached hydrogen (secondary N) is 2. The lowest BCUT2D eigenvalue weighted by atomic mass is 10.1. The zero-order valence-electron chi connectivity index (χ0n) is 18.5. The predicted molar refractivity (Wildman–Crippen MR) is 128 cm³/mol. The third kappa shape index (κ3) is 5.58. The first kappa shape index (κ1) is 22.4. The van der Waals surface area contributed by atoms with E-state index in [-0.39, 0.29) is 17.3 Å². The lowest BCUT2D eigenvalue weighted by Crippen LogP contribution is -2.37. The van der Waals surface area contributed by atoms with E-state index in [0.29, 0.717) is 44.0 Å². The quantitative estimate of drug-likeness (QED) is 0.298. The maximum Gasteiger partial charge on any atom is 0.250 e. The van der Waals surface area contributed by atoms with Crippen LogP contribution < -0.4 is 15.6 Å². The summed E-state index contributed by atoms with van der Waals surface area (Å²) in [7, 11) is 0. The summed E-state index contributed by atoms with van der Waals surface area (Å²) in [4.78, 5) is 15.4. The molecule has 2 aromatic carbocycles. The van der Waals surface area contributed by atoms with Crippen LogP contribution in [0.5, 0.6) is 0 Å². The zero-order valence-corrected chi connectivity index (χ0v) is 18.5. The van der Waals surface area contributed by atoms with Crippen LogP contribution >= 0.6 is 0 Å². The Hall–Kier alpha value is -4.38. The van der Waals surface area contributed by atoms with Crippen LogP contribution in [-0.2, 0) is 4.74 Å². The Morgan fingerprint density at radius 2 is 1.71 bits per heavy atom. The van der Waals surface area contributed by atoms with Crippen molar-refractivity contribution < 1.29 is 17.9 Å². The van der Waals surface area contributed by atoms with Gasteiger partial charge in [0.1, 0.15) is 23.2 Å². The Morgan fingerprint density at radius 3 is 2.51 bits per heavy atom. The van der Waals surface area contributed by atoms with Gasteiger partial charge in [-0.3, -0.25) is 0 Å². The number of rotatable bonds is 7. The largest absolute Gasteiger partial charge is 0.455 e. The highest BCUT2D eigenvalue weighted by atomic mass is 19.1. The third-order valence-electron chi connectivity index (χ3n) is 5.13. The fourth-order valence-electron chi connectivity index (χ4n) is 3.44. The SMILES string of the molecule is Fc1ccc(-c2ccc(/C=N\Nc3nc(Nc4ccccc4)nc(N4CCOCC4)n3)o2)c(F)c1. The second-order valence-corrected chi connectivity index (χ2v) is 7.57. The summed E-state index contributed by atoms with van der Waals surface area (Å²) in [6, 6.07) is 16.1. The molecule has 0 spiro atoms. The van der Waals surface area contributed by atoms with Crippen molar-refractivity contribution in [1.29, 1.82) is 0 Å². The van der Waals surface area contributed by atoms with Gasteiger partial charge < -0.3 is 19.4 Å². The van der Waals surface area contributed by atoms with Crippen molar-refractivity contribution in [3.63, 3.8) is 0 Å². The van der Waals surface area contributed by atoms with Crippen LogP contribution in [0.4, 0.5) is 32.3 Å². The van der Waals surface area contributed by atoms with E-state index in [1.54, 1.807) is 12.1 Å². The van der Waals surface area contributed by atoms with Gasteiger partial charge in [-0.1, -0.05) is 18.2 Å². The van der Waals surface area contributed by atoms with E-state index < -0.39 is 11.6 Å². The van der Waals surface area contributed by atoms with E-state index in [1.807, 2.05) is 35.2 Å². The molecule has 11 heteroatoms. The molecule has 178 valence electrons. The first-order valence-electron chi connectivity index (χ1n) is 10.9. The standard InChI is InChI=1S/C24H21F2N7O2/c25-16-6-8-19(20(26)14-16)21-9-7-18(35-21)15-27-32-23-29-22(28-17-4-2-1-3-5-17)30-24(31-23)33-10-12-34-13-11-33/h1-9,14-15H,10-13H2,(H2,28,29,30,31,32)/b27-15-. The Bertz CT molecular complexity index is 1320. The first-order chi connectivity index (χ1) is 17.1. The molecule has 0 unspecified atom stereocenters. The van der Waals surface area contributed by atoms with Crippen molar-refractivity contribution in [2.24, 2.45) is 5.10 Å². The molecule has 4 aromatic rings. The Morgan fingerprint density at radius 1 is 0.914 bits per heavy atom. The number of ether oxygens (including phenoxy) is 1. The minimum Gasteiger partial charge on any atom is -0.455 e. The molecule has 0 atom stereocenters. The maximum atomic E-state index is 14.0. The van der Waals surface area contributed by atoms with Crippen molar-refractivity contribution in [3.05, 3.63) is 78.1 Å². The molecule has 5 rings (SSSR count). The smallest absolute Gasteiger partial charge is 0.250 e. The lowest BCUT2D eigenvalue weighted by Gasteiger charge is -2.27. The van der Waals surface area contributed by atoms with Gasteiger partial charge >= 0.3 is 0 Å². The summed E-state index contributed by atoms with van der Waals surface area (Å²) in [5.74, 6) is 0.338. The van der Waals surface area contributed by atoms with Crippen LogP contribution in [0.15, 0.2) is 70.2 Å². The van der Waals surface area contributed by atoms with Gasteiger partial charge in [0.05, 0.1) is 25.0 Å². The van der Waals surface area contributed by atoms with Gasteiger partial charge in [-0.05, 0) is 36.4 Å². The second-order valence-electron chi connectivity index (χ2n) is 7.57. The fourth-order valence-corrected chi connectivity index (χ4v) is 3.44. The van der Waals surface area contributed by atoms with Crippen LogP contribution in [-0.4, -0.2) is 47.5 Å². The number of aromatic nitrogens is 3. The number of halogens is 2. The Labute approximate surface area is 199 Å². The molecule has 0 saturated carbocycles. The van der Waals surface area contributed by atoms with Crippen LogP contribution in [0.3, 0.4) is 0 Å². The average Bonchev–Trinajstić information content (AvgIpc) is 3.33. The molecule has 0 bridgehead atoms. The molecule has 0 radical (unpaired) electrons. The number of hydrazone groups is 1. The molecule has 9 nitrogen and oxygen atoms in total. The van der Waals surface area contributed by atoms with E-state index >= 15 is 0 Å². The van der Waals surface area contributed by atoms with Crippen LogP contribution in [0, 0.1) is 11.6 Å². The van der Waals surface area contributed by atoms with E-state index in [4.69, 9.17) is 9.15 Å². The summed E-state index contributed by atoms with van der Waals surface area (Å²) in [5, 5.41) is 7.31. The van der Waals surface area contributed by atoms with E-state index in [9.17, 15) is 8.78 Å². The summed E-state index contributed by atoms with van der Waals surface area (Å²) >= 11 is 0. The van der Waals surface area contributed by atoms with Gasteiger partial charge in [0.25, 0.3) is 0 Å². The molecule has 1 saturated heterocycles. The number of hydrogen-bond acceptors (Lipinski definition) is 9. The minimum absolute atomic E-state index is 0.156. The number of hydrogen-bond donors (Lipinski definition) is 2. The van der Waals surface area contributed by atoms with Crippen LogP contribution in [0.2, 0.25) is 0 Å². The van der Waals surface area contributed by atoms with Crippen LogP contribution in [0.1, 0.15) is 5.76 Å². The number of para-hydroxylation sites is 1. The van der Waals surface area contributed by atoms with Crippen molar-refractivity contribution in [3.8, 4) is 11.3 Å². The van der Waals surface area contributed by atoms with Crippen LogP contribution in [0.25, 0.3) is 11.3 Å². The summed E-state index contributed by atoms with van der Waals surface area (Å²) < 4.78 is 38.2. The van der Waals surface area contributed by atoms with Crippen molar-refractivity contribution >= 4 is 29.7 Å². The van der Waals surface area contributed by atoms with Gasteiger partial charge in [-0.15, -0.1) is 0 Å². The van der Waals surface area contributed by atoms with Crippen molar-refractivity contribution in [1.82, 2.24) is 15.0 Å². The molecule has 3 heterocycles. The maximum absolute atomic E-state index is 14.0. The highest BCUT2D eigenvalue weighted by Gasteiger charge is 2.17.